The van der Waals surface area contributed by atoms with E-state index in [1.165, 1.54) is 12.1 Å². The monoisotopic (exact) mass is 250 g/mol. The molecule has 0 spiro atoms. The normalized spacial score (nSPS) is 10.5. The van der Waals surface area contributed by atoms with Crippen LogP contribution in [-0.2, 0) is 12.8 Å². The fourth-order valence-corrected chi connectivity index (χ4v) is 1.86. The molecule has 4 heteroatoms. The quantitative estimate of drug-likeness (QED) is 0.908. The molecular formula is C13H12ClFN2. The van der Waals surface area contributed by atoms with Gasteiger partial charge in [-0.05, 0) is 48.2 Å². The lowest BCUT2D eigenvalue weighted by Crippen LogP contribution is -1.98. The minimum absolute atomic E-state index is 0.274. The average molecular weight is 251 g/mol. The van der Waals surface area contributed by atoms with Gasteiger partial charge in [-0.3, -0.25) is 4.98 Å². The molecule has 0 aliphatic rings. The van der Waals surface area contributed by atoms with Gasteiger partial charge in [0.05, 0.1) is 0 Å². The van der Waals surface area contributed by atoms with Crippen molar-refractivity contribution in [3.05, 3.63) is 58.6 Å². The highest BCUT2D eigenvalue weighted by Gasteiger charge is 2.04. The molecule has 2 N–H and O–H groups in total. The highest BCUT2D eigenvalue weighted by molar-refractivity contribution is 6.31. The molecule has 0 radical (unpaired) electrons. The maximum Gasteiger partial charge on any atom is 0.123 e. The predicted octanol–water partition coefficient (Wildman–Crippen LogP) is 3.24. The molecule has 2 aromatic rings. The summed E-state index contributed by atoms with van der Waals surface area (Å²) in [5.41, 5.74) is 8.25. The van der Waals surface area contributed by atoms with Gasteiger partial charge in [0.1, 0.15) is 5.82 Å². The van der Waals surface area contributed by atoms with Crippen LogP contribution in [-0.4, -0.2) is 4.98 Å². The Labute approximate surface area is 104 Å². The standard InChI is InChI=1S/C13H12ClFN2/c14-12-4-3-11(15)7-9(12)1-2-10-8-17-6-5-13(10)16/h3-8H,1-2H2,(H2,16,17). The van der Waals surface area contributed by atoms with Crippen LogP contribution < -0.4 is 5.73 Å². The van der Waals surface area contributed by atoms with Crippen molar-refractivity contribution in [1.82, 2.24) is 4.98 Å². The Hall–Kier alpha value is -1.61. The predicted molar refractivity (Wildman–Crippen MR) is 67.5 cm³/mol. The van der Waals surface area contributed by atoms with E-state index < -0.39 is 0 Å². The summed E-state index contributed by atoms with van der Waals surface area (Å²) in [5, 5.41) is 0.578. The van der Waals surface area contributed by atoms with E-state index in [-0.39, 0.29) is 5.82 Å². The van der Waals surface area contributed by atoms with E-state index in [9.17, 15) is 4.39 Å². The highest BCUT2D eigenvalue weighted by Crippen LogP contribution is 2.20. The Morgan fingerprint density at radius 1 is 1.18 bits per heavy atom. The molecule has 1 heterocycles. The number of aryl methyl sites for hydroxylation is 2. The van der Waals surface area contributed by atoms with Crippen LogP contribution in [0.4, 0.5) is 10.1 Å². The second-order valence-corrected chi connectivity index (χ2v) is 4.22. The van der Waals surface area contributed by atoms with E-state index in [1.807, 2.05) is 0 Å². The summed E-state index contributed by atoms with van der Waals surface area (Å²) in [5.74, 6) is -0.274. The van der Waals surface area contributed by atoms with Crippen LogP contribution in [0.25, 0.3) is 0 Å². The maximum absolute atomic E-state index is 13.1. The van der Waals surface area contributed by atoms with Crippen LogP contribution in [0.3, 0.4) is 0 Å². The molecule has 2 rings (SSSR count). The number of benzene rings is 1. The van der Waals surface area contributed by atoms with Gasteiger partial charge < -0.3 is 5.73 Å². The molecule has 88 valence electrons. The van der Waals surface area contributed by atoms with Gasteiger partial charge in [0.25, 0.3) is 0 Å². The molecule has 0 aliphatic heterocycles. The van der Waals surface area contributed by atoms with Crippen molar-refractivity contribution < 1.29 is 4.39 Å². The molecular weight excluding hydrogens is 239 g/mol. The van der Waals surface area contributed by atoms with Crippen LogP contribution in [0, 0.1) is 5.82 Å². The molecule has 0 fully saturated rings. The summed E-state index contributed by atoms with van der Waals surface area (Å²) in [6.07, 6.45) is 4.71. The summed E-state index contributed by atoms with van der Waals surface area (Å²) in [6.45, 7) is 0. The first-order valence-electron chi connectivity index (χ1n) is 5.29. The summed E-state index contributed by atoms with van der Waals surface area (Å²) in [4.78, 5) is 4.01. The summed E-state index contributed by atoms with van der Waals surface area (Å²) < 4.78 is 13.1. The molecule has 0 saturated heterocycles. The minimum atomic E-state index is -0.274. The van der Waals surface area contributed by atoms with E-state index in [0.717, 1.165) is 11.1 Å². The lowest BCUT2D eigenvalue weighted by Gasteiger charge is -2.06. The number of rotatable bonds is 3. The van der Waals surface area contributed by atoms with Gasteiger partial charge in [-0.15, -0.1) is 0 Å². The van der Waals surface area contributed by atoms with Gasteiger partial charge >= 0.3 is 0 Å². The van der Waals surface area contributed by atoms with Crippen LogP contribution in [0.2, 0.25) is 5.02 Å². The molecule has 0 amide bonds. The third-order valence-electron chi connectivity index (χ3n) is 2.61. The number of halogens is 2. The number of aromatic nitrogens is 1. The number of pyridine rings is 1. The Balaban J connectivity index is 2.12. The lowest BCUT2D eigenvalue weighted by molar-refractivity contribution is 0.625. The topological polar surface area (TPSA) is 38.9 Å². The smallest absolute Gasteiger partial charge is 0.123 e. The second kappa shape index (κ2) is 5.15. The summed E-state index contributed by atoms with van der Waals surface area (Å²) >= 11 is 5.99. The fourth-order valence-electron chi connectivity index (χ4n) is 1.65. The molecule has 0 aliphatic carbocycles. The first kappa shape index (κ1) is 11.9. The summed E-state index contributed by atoms with van der Waals surface area (Å²) in [6, 6.07) is 6.13. The zero-order chi connectivity index (χ0) is 12.3. The molecule has 2 nitrogen and oxygen atoms in total. The van der Waals surface area contributed by atoms with Crippen molar-refractivity contribution in [3.63, 3.8) is 0 Å². The highest BCUT2D eigenvalue weighted by atomic mass is 35.5. The maximum atomic E-state index is 13.1. The van der Waals surface area contributed by atoms with Crippen molar-refractivity contribution in [2.45, 2.75) is 12.8 Å². The number of nitrogens with zero attached hydrogens (tertiary/aromatic N) is 1. The largest absolute Gasteiger partial charge is 0.398 e. The third-order valence-corrected chi connectivity index (χ3v) is 2.98. The molecule has 0 unspecified atom stereocenters. The van der Waals surface area contributed by atoms with Gasteiger partial charge in [0, 0.05) is 23.1 Å². The molecule has 1 aromatic heterocycles. The molecule has 0 atom stereocenters. The first-order chi connectivity index (χ1) is 8.16. The average Bonchev–Trinajstić information content (AvgIpc) is 2.32. The molecule has 0 saturated carbocycles. The number of hydrogen-bond acceptors (Lipinski definition) is 2. The van der Waals surface area contributed by atoms with Crippen molar-refractivity contribution >= 4 is 17.3 Å². The van der Waals surface area contributed by atoms with Gasteiger partial charge in [-0.2, -0.15) is 0 Å². The minimum Gasteiger partial charge on any atom is -0.398 e. The number of nitrogen functional groups attached to an aromatic ring is 1. The van der Waals surface area contributed by atoms with Crippen LogP contribution in [0.5, 0.6) is 0 Å². The Morgan fingerprint density at radius 3 is 2.71 bits per heavy atom. The third kappa shape index (κ3) is 2.94. The van der Waals surface area contributed by atoms with E-state index >= 15 is 0 Å². The van der Waals surface area contributed by atoms with Crippen LogP contribution >= 0.6 is 11.6 Å². The molecule has 0 bridgehead atoms. The lowest BCUT2D eigenvalue weighted by atomic mass is 10.0. The van der Waals surface area contributed by atoms with Crippen LogP contribution in [0.1, 0.15) is 11.1 Å². The van der Waals surface area contributed by atoms with Crippen molar-refractivity contribution in [2.24, 2.45) is 0 Å². The van der Waals surface area contributed by atoms with Crippen molar-refractivity contribution in [3.8, 4) is 0 Å². The van der Waals surface area contributed by atoms with Crippen molar-refractivity contribution in [1.29, 1.82) is 0 Å². The number of nitrogens with two attached hydrogens (primary N) is 1. The van der Waals surface area contributed by atoms with Crippen LogP contribution in [0.15, 0.2) is 36.7 Å². The van der Waals surface area contributed by atoms with Gasteiger partial charge in [0.2, 0.25) is 0 Å². The van der Waals surface area contributed by atoms with E-state index in [4.69, 9.17) is 17.3 Å². The summed E-state index contributed by atoms with van der Waals surface area (Å²) in [7, 11) is 0. The fraction of sp³-hybridized carbons (Fsp3) is 0.154. The number of anilines is 1. The zero-order valence-corrected chi connectivity index (χ0v) is 9.91. The van der Waals surface area contributed by atoms with E-state index in [2.05, 4.69) is 4.98 Å². The molecule has 17 heavy (non-hydrogen) atoms. The number of hydrogen-bond donors (Lipinski definition) is 1. The second-order valence-electron chi connectivity index (χ2n) is 3.81. The van der Waals surface area contributed by atoms with E-state index in [1.54, 1.807) is 24.5 Å². The van der Waals surface area contributed by atoms with Crippen molar-refractivity contribution in [2.75, 3.05) is 5.73 Å². The Bertz CT molecular complexity index is 529. The van der Waals surface area contributed by atoms with E-state index in [0.29, 0.717) is 23.6 Å². The van der Waals surface area contributed by atoms with Gasteiger partial charge in [0.15, 0.2) is 0 Å². The SMILES string of the molecule is Nc1ccncc1CCc1cc(F)ccc1Cl. The molecule has 1 aromatic carbocycles. The zero-order valence-electron chi connectivity index (χ0n) is 9.16. The van der Waals surface area contributed by atoms with Gasteiger partial charge in [-0.1, -0.05) is 11.6 Å². The Kier molecular flexibility index (Phi) is 3.59. The Morgan fingerprint density at radius 2 is 1.94 bits per heavy atom. The van der Waals surface area contributed by atoms with Gasteiger partial charge in [-0.25, -0.2) is 4.39 Å². The first-order valence-corrected chi connectivity index (χ1v) is 5.67.